The number of hydrogen-bond donors (Lipinski definition) is 2. The number of amides is 1. The molecule has 22 heavy (non-hydrogen) atoms. The zero-order chi connectivity index (χ0) is 16.2. The minimum absolute atomic E-state index is 0.00991. The third-order valence-electron chi connectivity index (χ3n) is 4.10. The average Bonchev–Trinajstić information content (AvgIpc) is 2.87. The number of halogens is 2. The van der Waals surface area contributed by atoms with Gasteiger partial charge in [-0.15, -0.1) is 0 Å². The standard InChI is InChI=1S/C15H20F2N2O3/c1-15(9-20)5-2-3-11(15)19-14(21)10-4-6-18-13(7-10)22-8-12(16)17/h4,6-7,11-12,20H,2-3,5,8-9H2,1H3,(H,19,21). The van der Waals surface area contributed by atoms with Crippen LogP contribution in [0.25, 0.3) is 0 Å². The van der Waals surface area contributed by atoms with Crippen molar-refractivity contribution in [3.8, 4) is 5.88 Å². The van der Waals surface area contributed by atoms with Crippen molar-refractivity contribution in [1.82, 2.24) is 10.3 Å². The number of alkyl halides is 2. The van der Waals surface area contributed by atoms with Crippen molar-refractivity contribution >= 4 is 5.91 Å². The molecule has 0 saturated heterocycles. The molecule has 2 unspecified atom stereocenters. The van der Waals surface area contributed by atoms with E-state index in [2.05, 4.69) is 10.3 Å². The van der Waals surface area contributed by atoms with Crippen molar-refractivity contribution < 1.29 is 23.4 Å². The first-order valence-electron chi connectivity index (χ1n) is 7.23. The number of aliphatic hydroxyl groups excluding tert-OH is 1. The highest BCUT2D eigenvalue weighted by Gasteiger charge is 2.39. The third kappa shape index (κ3) is 3.91. The minimum Gasteiger partial charge on any atom is -0.472 e. The van der Waals surface area contributed by atoms with E-state index in [0.717, 1.165) is 19.3 Å². The van der Waals surface area contributed by atoms with Gasteiger partial charge in [-0.05, 0) is 18.9 Å². The molecular formula is C15H20F2N2O3. The van der Waals surface area contributed by atoms with Crippen molar-refractivity contribution in [2.24, 2.45) is 5.41 Å². The van der Waals surface area contributed by atoms with Gasteiger partial charge >= 0.3 is 0 Å². The number of pyridine rings is 1. The van der Waals surface area contributed by atoms with Crippen LogP contribution in [0.15, 0.2) is 18.3 Å². The number of ether oxygens (including phenoxy) is 1. The summed E-state index contributed by atoms with van der Waals surface area (Å²) in [6.07, 6.45) is 1.36. The van der Waals surface area contributed by atoms with Crippen LogP contribution in [0.4, 0.5) is 8.78 Å². The zero-order valence-electron chi connectivity index (χ0n) is 12.4. The predicted octanol–water partition coefficient (Wildman–Crippen LogP) is 2.01. The van der Waals surface area contributed by atoms with E-state index in [1.807, 2.05) is 6.92 Å². The molecule has 1 aromatic heterocycles. The number of rotatable bonds is 6. The first-order chi connectivity index (χ1) is 10.4. The first kappa shape index (κ1) is 16.6. The number of carbonyl (C=O) groups excluding carboxylic acids is 1. The number of carbonyl (C=O) groups is 1. The van der Waals surface area contributed by atoms with E-state index in [1.165, 1.54) is 18.3 Å². The van der Waals surface area contributed by atoms with Gasteiger partial charge in [0.15, 0.2) is 6.61 Å². The topological polar surface area (TPSA) is 71.5 Å². The molecule has 2 atom stereocenters. The Kier molecular flexibility index (Phi) is 5.28. The largest absolute Gasteiger partial charge is 0.472 e. The van der Waals surface area contributed by atoms with Gasteiger partial charge in [0, 0.05) is 29.3 Å². The molecular weight excluding hydrogens is 294 g/mol. The number of nitrogens with one attached hydrogen (secondary N) is 1. The van der Waals surface area contributed by atoms with Crippen LogP contribution in [0.3, 0.4) is 0 Å². The molecule has 0 spiro atoms. The van der Waals surface area contributed by atoms with E-state index in [1.54, 1.807) is 0 Å². The Morgan fingerprint density at radius 2 is 2.41 bits per heavy atom. The normalized spacial score (nSPS) is 24.5. The summed E-state index contributed by atoms with van der Waals surface area (Å²) in [6, 6.07) is 2.72. The molecule has 0 bridgehead atoms. The summed E-state index contributed by atoms with van der Waals surface area (Å²) in [5, 5.41) is 12.4. The van der Waals surface area contributed by atoms with Gasteiger partial charge in [0.25, 0.3) is 12.3 Å². The molecule has 1 aromatic rings. The maximum absolute atomic E-state index is 12.3. The molecule has 1 aliphatic carbocycles. The fourth-order valence-electron chi connectivity index (χ4n) is 2.69. The van der Waals surface area contributed by atoms with E-state index < -0.39 is 13.0 Å². The Balaban J connectivity index is 2.02. The van der Waals surface area contributed by atoms with Crippen LogP contribution in [0, 0.1) is 5.41 Å². The van der Waals surface area contributed by atoms with Gasteiger partial charge in [-0.25, -0.2) is 13.8 Å². The summed E-state index contributed by atoms with van der Waals surface area (Å²) in [5.74, 6) is -0.333. The van der Waals surface area contributed by atoms with E-state index in [4.69, 9.17) is 4.74 Å². The third-order valence-corrected chi connectivity index (χ3v) is 4.10. The maximum atomic E-state index is 12.3. The Morgan fingerprint density at radius 3 is 3.09 bits per heavy atom. The monoisotopic (exact) mass is 314 g/mol. The van der Waals surface area contributed by atoms with Gasteiger partial charge in [-0.3, -0.25) is 4.79 Å². The van der Waals surface area contributed by atoms with Crippen LogP contribution in [-0.2, 0) is 0 Å². The zero-order valence-corrected chi connectivity index (χ0v) is 12.4. The van der Waals surface area contributed by atoms with Crippen LogP contribution < -0.4 is 10.1 Å². The highest BCUT2D eigenvalue weighted by molar-refractivity contribution is 5.94. The second kappa shape index (κ2) is 7.00. The quantitative estimate of drug-likeness (QED) is 0.842. The fourth-order valence-corrected chi connectivity index (χ4v) is 2.69. The molecule has 1 amide bonds. The molecule has 122 valence electrons. The molecule has 1 fully saturated rings. The molecule has 0 aliphatic heterocycles. The Morgan fingerprint density at radius 1 is 1.64 bits per heavy atom. The van der Waals surface area contributed by atoms with E-state index in [0.29, 0.717) is 5.56 Å². The summed E-state index contributed by atoms with van der Waals surface area (Å²) in [7, 11) is 0. The summed E-state index contributed by atoms with van der Waals surface area (Å²) in [6.45, 7) is 1.19. The Hall–Kier alpha value is -1.76. The lowest BCUT2D eigenvalue weighted by molar-refractivity contribution is 0.0791. The van der Waals surface area contributed by atoms with E-state index in [-0.39, 0.29) is 29.9 Å². The van der Waals surface area contributed by atoms with Gasteiger partial charge < -0.3 is 15.2 Å². The van der Waals surface area contributed by atoms with Crippen LogP contribution >= 0.6 is 0 Å². The lowest BCUT2D eigenvalue weighted by Gasteiger charge is -2.30. The number of aromatic nitrogens is 1. The number of aliphatic hydroxyl groups is 1. The van der Waals surface area contributed by atoms with Crippen molar-refractivity contribution in [3.05, 3.63) is 23.9 Å². The van der Waals surface area contributed by atoms with Gasteiger partial charge in [0.05, 0.1) is 6.61 Å². The molecule has 2 N–H and O–H groups in total. The lowest BCUT2D eigenvalue weighted by Crippen LogP contribution is -2.44. The van der Waals surface area contributed by atoms with Crippen LogP contribution in [0.2, 0.25) is 0 Å². The second-order valence-corrected chi connectivity index (χ2v) is 5.82. The molecule has 7 heteroatoms. The van der Waals surface area contributed by atoms with Crippen molar-refractivity contribution in [1.29, 1.82) is 0 Å². The molecule has 0 radical (unpaired) electrons. The van der Waals surface area contributed by atoms with Gasteiger partial charge in [0.2, 0.25) is 5.88 Å². The summed E-state index contributed by atoms with van der Waals surface area (Å²) in [4.78, 5) is 16.1. The molecule has 5 nitrogen and oxygen atoms in total. The summed E-state index contributed by atoms with van der Waals surface area (Å²) < 4.78 is 29.0. The smallest absolute Gasteiger partial charge is 0.272 e. The van der Waals surface area contributed by atoms with Crippen molar-refractivity contribution in [2.45, 2.75) is 38.7 Å². The first-order valence-corrected chi connectivity index (χ1v) is 7.23. The molecule has 1 saturated carbocycles. The molecule has 2 rings (SSSR count). The van der Waals surface area contributed by atoms with E-state index >= 15 is 0 Å². The SMILES string of the molecule is CC1(CO)CCCC1NC(=O)c1ccnc(OCC(F)F)c1. The predicted molar refractivity (Wildman–Crippen MR) is 76.0 cm³/mol. The Labute approximate surface area is 127 Å². The molecule has 0 aromatic carbocycles. The lowest BCUT2D eigenvalue weighted by atomic mass is 9.85. The fraction of sp³-hybridized carbons (Fsp3) is 0.600. The van der Waals surface area contributed by atoms with Gasteiger partial charge in [-0.2, -0.15) is 0 Å². The number of hydrogen-bond acceptors (Lipinski definition) is 4. The van der Waals surface area contributed by atoms with Crippen LogP contribution in [0.1, 0.15) is 36.5 Å². The number of nitrogens with zero attached hydrogens (tertiary/aromatic N) is 1. The maximum Gasteiger partial charge on any atom is 0.272 e. The second-order valence-electron chi connectivity index (χ2n) is 5.82. The minimum atomic E-state index is -2.59. The average molecular weight is 314 g/mol. The van der Waals surface area contributed by atoms with Gasteiger partial charge in [0.1, 0.15) is 0 Å². The molecule has 1 heterocycles. The highest BCUT2D eigenvalue weighted by Crippen LogP contribution is 2.37. The van der Waals surface area contributed by atoms with Gasteiger partial charge in [-0.1, -0.05) is 13.3 Å². The summed E-state index contributed by atoms with van der Waals surface area (Å²) in [5.41, 5.74) is -0.0241. The van der Waals surface area contributed by atoms with Crippen molar-refractivity contribution in [3.63, 3.8) is 0 Å². The molecule has 1 aliphatic rings. The highest BCUT2D eigenvalue weighted by atomic mass is 19.3. The van der Waals surface area contributed by atoms with Crippen molar-refractivity contribution in [2.75, 3.05) is 13.2 Å². The Bertz CT molecular complexity index is 527. The van der Waals surface area contributed by atoms with E-state index in [9.17, 15) is 18.7 Å². The van der Waals surface area contributed by atoms with Crippen LogP contribution in [0.5, 0.6) is 5.88 Å². The van der Waals surface area contributed by atoms with Crippen LogP contribution in [-0.4, -0.2) is 41.7 Å². The summed E-state index contributed by atoms with van der Waals surface area (Å²) >= 11 is 0.